The van der Waals surface area contributed by atoms with E-state index in [4.69, 9.17) is 0 Å². The fourth-order valence-electron chi connectivity index (χ4n) is 8.24. The van der Waals surface area contributed by atoms with Crippen molar-refractivity contribution in [2.75, 3.05) is 46.3 Å². The number of carbonyl (C=O) groups is 2. The third-order valence-corrected chi connectivity index (χ3v) is 11.9. The van der Waals surface area contributed by atoms with E-state index in [9.17, 15) is 9.59 Å². The molecule has 0 aromatic heterocycles. The van der Waals surface area contributed by atoms with E-state index in [2.05, 4.69) is 48.2 Å². The Labute approximate surface area is 324 Å². The molecule has 2 aliphatic rings. The lowest BCUT2D eigenvalue weighted by Gasteiger charge is -2.37. The maximum atomic E-state index is 14.1. The minimum absolute atomic E-state index is 0.121. The van der Waals surface area contributed by atoms with Crippen molar-refractivity contribution in [1.82, 2.24) is 20.0 Å². The topological polar surface area (TPSA) is 55.9 Å². The zero-order valence-electron chi connectivity index (χ0n) is 35.1. The summed E-state index contributed by atoms with van der Waals surface area (Å²) in [5.41, 5.74) is 0. The first kappa shape index (κ1) is 46.8. The molecule has 6 nitrogen and oxygen atoms in total. The van der Waals surface area contributed by atoms with E-state index in [1.165, 1.54) is 148 Å². The summed E-state index contributed by atoms with van der Waals surface area (Å²) in [6, 6.07) is -0.0513. The maximum Gasteiger partial charge on any atom is 0.243 e. The van der Waals surface area contributed by atoms with Gasteiger partial charge in [-0.2, -0.15) is 0 Å². The maximum absolute atomic E-state index is 14.1. The van der Waals surface area contributed by atoms with E-state index < -0.39 is 0 Å². The van der Waals surface area contributed by atoms with Crippen molar-refractivity contribution < 1.29 is 9.59 Å². The van der Waals surface area contributed by atoms with Crippen LogP contribution in [0.4, 0.5) is 0 Å². The van der Waals surface area contributed by atoms with E-state index in [0.29, 0.717) is 13.0 Å². The Bertz CT molecular complexity index is 864. The lowest BCUT2D eigenvalue weighted by atomic mass is 9.94. The second-order valence-electron chi connectivity index (χ2n) is 16.7. The molecule has 1 heterocycles. The Morgan fingerprint density at radius 1 is 0.635 bits per heavy atom. The summed E-state index contributed by atoms with van der Waals surface area (Å²) in [7, 11) is 2.19. The van der Waals surface area contributed by atoms with Crippen LogP contribution in [0.2, 0.25) is 0 Å². The third kappa shape index (κ3) is 24.1. The molecule has 1 saturated carbocycles. The highest BCUT2D eigenvalue weighted by atomic mass is 16.2. The summed E-state index contributed by atoms with van der Waals surface area (Å²) in [4.78, 5) is 35.0. The summed E-state index contributed by atoms with van der Waals surface area (Å²) in [5.74, 6) is 0.328. The van der Waals surface area contributed by atoms with Gasteiger partial charge in [-0.25, -0.2) is 0 Å². The Hall–Kier alpha value is -1.40. The Morgan fingerprint density at radius 2 is 1.12 bits per heavy atom. The van der Waals surface area contributed by atoms with Gasteiger partial charge < -0.3 is 15.1 Å². The minimum atomic E-state index is -0.330. The normalized spacial score (nSPS) is 16.8. The smallest absolute Gasteiger partial charge is 0.243 e. The van der Waals surface area contributed by atoms with Crippen LogP contribution in [-0.4, -0.2) is 84.9 Å². The molecule has 52 heavy (non-hydrogen) atoms. The Balaban J connectivity index is 1.85. The lowest BCUT2D eigenvalue weighted by Crippen LogP contribution is -2.54. The van der Waals surface area contributed by atoms with Gasteiger partial charge in [0.15, 0.2) is 0 Å². The molecule has 1 atom stereocenters. The number of hydrogen-bond donors (Lipinski definition) is 1. The van der Waals surface area contributed by atoms with E-state index in [1.54, 1.807) is 0 Å². The number of carbonyl (C=O) groups excluding carboxylic acids is 2. The molecule has 2 rings (SSSR count). The number of piperazine rings is 1. The van der Waals surface area contributed by atoms with Gasteiger partial charge in [0, 0.05) is 51.7 Å². The van der Waals surface area contributed by atoms with Crippen LogP contribution in [-0.2, 0) is 9.59 Å². The molecule has 0 aromatic carbocycles. The molecule has 0 aromatic rings. The molecule has 2 amide bonds. The second kappa shape index (κ2) is 33.0. The highest BCUT2D eigenvalue weighted by Crippen LogP contribution is 2.21. The van der Waals surface area contributed by atoms with Crippen LogP contribution in [0, 0.1) is 0 Å². The van der Waals surface area contributed by atoms with E-state index in [-0.39, 0.29) is 23.9 Å². The first-order valence-electron chi connectivity index (χ1n) is 23.2. The average Bonchev–Trinajstić information content (AvgIpc) is 3.15. The van der Waals surface area contributed by atoms with Crippen LogP contribution >= 0.6 is 0 Å². The van der Waals surface area contributed by atoms with Crippen molar-refractivity contribution in [1.29, 1.82) is 0 Å². The zero-order valence-corrected chi connectivity index (χ0v) is 35.1. The van der Waals surface area contributed by atoms with Crippen molar-refractivity contribution >= 4 is 11.8 Å². The summed E-state index contributed by atoms with van der Waals surface area (Å²) in [6.07, 6.45) is 42.7. The molecule has 1 aliphatic carbocycles. The van der Waals surface area contributed by atoms with Gasteiger partial charge in [-0.3, -0.25) is 14.5 Å². The van der Waals surface area contributed by atoms with E-state index >= 15 is 0 Å². The standard InChI is InChI=1S/C46H88N4O2/c1-4-6-8-10-12-14-16-17-18-19-21-23-25-27-32-36-45(51)50(42-41-49-39-37-48(3)38-40-49)44(46(52)47-43-33-29-28-30-34-43)35-31-26-24-22-20-15-13-11-9-7-5-2/h17-18,43-44H,4-16,19-42H2,1-3H3,(H,47,52)/b18-17-. The minimum Gasteiger partial charge on any atom is -0.352 e. The van der Waals surface area contributed by atoms with E-state index in [0.717, 1.165) is 77.7 Å². The first-order chi connectivity index (χ1) is 25.5. The monoisotopic (exact) mass is 729 g/mol. The molecule has 1 aliphatic heterocycles. The number of amides is 2. The molecule has 0 bridgehead atoms. The highest BCUT2D eigenvalue weighted by molar-refractivity contribution is 5.87. The summed E-state index contributed by atoms with van der Waals surface area (Å²) >= 11 is 0. The number of nitrogens with one attached hydrogen (secondary N) is 1. The van der Waals surface area contributed by atoms with Gasteiger partial charge in [0.05, 0.1) is 0 Å². The molecule has 6 heteroatoms. The fraction of sp³-hybridized carbons (Fsp3) is 0.913. The molecule has 0 radical (unpaired) electrons. The number of hydrogen-bond acceptors (Lipinski definition) is 4. The summed E-state index contributed by atoms with van der Waals surface area (Å²) in [5, 5.41) is 3.45. The molecule has 1 unspecified atom stereocenters. The van der Waals surface area contributed by atoms with Gasteiger partial charge in [0.1, 0.15) is 6.04 Å². The van der Waals surface area contributed by atoms with Crippen LogP contribution in [0.15, 0.2) is 12.2 Å². The number of rotatable bonds is 33. The predicted octanol–water partition coefficient (Wildman–Crippen LogP) is 11.6. The Kier molecular flexibility index (Phi) is 29.7. The predicted molar refractivity (Wildman–Crippen MR) is 225 cm³/mol. The molecule has 2 fully saturated rings. The zero-order chi connectivity index (χ0) is 37.3. The van der Waals surface area contributed by atoms with Crippen LogP contribution in [0.1, 0.15) is 213 Å². The van der Waals surface area contributed by atoms with Gasteiger partial charge in [-0.15, -0.1) is 0 Å². The average molecular weight is 729 g/mol. The summed E-state index contributed by atoms with van der Waals surface area (Å²) < 4.78 is 0. The molecule has 1 N–H and O–H groups in total. The molecular formula is C46H88N4O2. The quantitative estimate of drug-likeness (QED) is 0.0540. The first-order valence-corrected chi connectivity index (χ1v) is 23.2. The van der Waals surface area contributed by atoms with Gasteiger partial charge in [0.25, 0.3) is 0 Å². The molecule has 0 spiro atoms. The Morgan fingerprint density at radius 3 is 1.65 bits per heavy atom. The molecule has 304 valence electrons. The van der Waals surface area contributed by atoms with Crippen molar-refractivity contribution in [3.8, 4) is 0 Å². The lowest BCUT2D eigenvalue weighted by molar-refractivity contribution is -0.141. The number of nitrogens with zero attached hydrogens (tertiary/aromatic N) is 3. The van der Waals surface area contributed by atoms with Crippen molar-refractivity contribution in [3.05, 3.63) is 12.2 Å². The fourth-order valence-corrected chi connectivity index (χ4v) is 8.24. The van der Waals surface area contributed by atoms with Crippen LogP contribution in [0.25, 0.3) is 0 Å². The van der Waals surface area contributed by atoms with Gasteiger partial charge in [0.2, 0.25) is 11.8 Å². The number of allylic oxidation sites excluding steroid dienone is 2. The summed E-state index contributed by atoms with van der Waals surface area (Å²) in [6.45, 7) is 10.4. The molecule has 1 saturated heterocycles. The van der Waals surface area contributed by atoms with Crippen molar-refractivity contribution in [2.24, 2.45) is 0 Å². The second-order valence-corrected chi connectivity index (χ2v) is 16.7. The van der Waals surface area contributed by atoms with Crippen LogP contribution in [0.3, 0.4) is 0 Å². The van der Waals surface area contributed by atoms with Crippen LogP contribution in [0.5, 0.6) is 0 Å². The van der Waals surface area contributed by atoms with E-state index in [1.807, 2.05) is 4.90 Å². The van der Waals surface area contributed by atoms with Crippen LogP contribution < -0.4 is 5.32 Å². The van der Waals surface area contributed by atoms with Gasteiger partial charge >= 0.3 is 0 Å². The third-order valence-electron chi connectivity index (χ3n) is 11.9. The van der Waals surface area contributed by atoms with Crippen molar-refractivity contribution in [3.63, 3.8) is 0 Å². The van der Waals surface area contributed by atoms with Gasteiger partial charge in [-0.1, -0.05) is 167 Å². The molecular weight excluding hydrogens is 641 g/mol. The number of unbranched alkanes of at least 4 members (excludes halogenated alkanes) is 21. The largest absolute Gasteiger partial charge is 0.352 e. The van der Waals surface area contributed by atoms with Crippen molar-refractivity contribution in [2.45, 2.75) is 225 Å². The number of likely N-dealkylation sites (N-methyl/N-ethyl adjacent to an activating group) is 1. The SMILES string of the molecule is CCCCCCCC/C=C\CCCCCCCC(=O)N(CCN1CCN(C)CC1)C(CCCCCCCCCCCCC)C(=O)NC1CCCCC1. The van der Waals surface area contributed by atoms with Gasteiger partial charge in [-0.05, 0) is 58.4 Å². The highest BCUT2D eigenvalue weighted by Gasteiger charge is 2.31.